The van der Waals surface area contributed by atoms with Crippen LogP contribution in [0.15, 0.2) is 46.9 Å². The predicted octanol–water partition coefficient (Wildman–Crippen LogP) is 5.43. The lowest BCUT2D eigenvalue weighted by Crippen LogP contribution is -2.14. The number of benzene rings is 1. The molecule has 7 heteroatoms. The van der Waals surface area contributed by atoms with Gasteiger partial charge in [-0.3, -0.25) is 10.1 Å². The molecule has 0 atom stereocenters. The molecule has 5 rings (SSSR count). The number of fused-ring (bicyclic) bond motifs is 1. The zero-order valence-corrected chi connectivity index (χ0v) is 17.5. The van der Waals surface area contributed by atoms with Gasteiger partial charge in [-0.05, 0) is 48.7 Å². The Morgan fingerprint density at radius 2 is 2.14 bits per heavy atom. The Hall–Kier alpha value is -2.38. The van der Waals surface area contributed by atoms with Gasteiger partial charge in [0.1, 0.15) is 10.8 Å². The highest BCUT2D eigenvalue weighted by molar-refractivity contribution is 7.99. The summed E-state index contributed by atoms with van der Waals surface area (Å²) < 4.78 is 5.57. The highest BCUT2D eigenvalue weighted by Gasteiger charge is 2.21. The molecule has 1 saturated carbocycles. The van der Waals surface area contributed by atoms with Crippen LogP contribution in [0.5, 0.6) is 5.75 Å². The maximum atomic E-state index is 12.9. The molecule has 1 aliphatic heterocycles. The van der Waals surface area contributed by atoms with Crippen LogP contribution in [0.2, 0.25) is 0 Å². The van der Waals surface area contributed by atoms with E-state index in [1.54, 1.807) is 18.0 Å². The lowest BCUT2D eigenvalue weighted by atomic mass is 10.1. The molecule has 0 spiro atoms. The number of ether oxygens (including phenoxy) is 1. The first-order chi connectivity index (χ1) is 14.3. The summed E-state index contributed by atoms with van der Waals surface area (Å²) >= 11 is 3.17. The standard InChI is InChI=1S/C22H21N3O2S2/c26-20(17-6-3-10-23-21(17)29-16-4-1-2-5-16)25-22-24-18(13-28-22)14-7-8-19-15(12-14)9-11-27-19/h3,6-8,10,12-13,16H,1-2,4-5,9,11H2,(H,24,25,26). The van der Waals surface area contributed by atoms with E-state index in [1.165, 1.54) is 42.6 Å². The number of pyridine rings is 1. The number of thioether (sulfide) groups is 1. The summed E-state index contributed by atoms with van der Waals surface area (Å²) in [6, 6.07) is 9.79. The maximum Gasteiger partial charge on any atom is 0.260 e. The summed E-state index contributed by atoms with van der Waals surface area (Å²) in [5, 5.41) is 6.91. The van der Waals surface area contributed by atoms with Crippen LogP contribution in [-0.2, 0) is 6.42 Å². The van der Waals surface area contributed by atoms with E-state index in [4.69, 9.17) is 4.74 Å². The van der Waals surface area contributed by atoms with Crippen molar-refractivity contribution in [2.75, 3.05) is 11.9 Å². The van der Waals surface area contributed by atoms with Gasteiger partial charge in [0, 0.05) is 28.8 Å². The van der Waals surface area contributed by atoms with Gasteiger partial charge in [0.25, 0.3) is 5.91 Å². The Bertz CT molecular complexity index is 1040. The highest BCUT2D eigenvalue weighted by Crippen LogP contribution is 2.36. The second kappa shape index (κ2) is 8.16. The number of amides is 1. The van der Waals surface area contributed by atoms with Crippen molar-refractivity contribution in [3.05, 3.63) is 53.0 Å². The fraction of sp³-hybridized carbons (Fsp3) is 0.318. The first-order valence-corrected chi connectivity index (χ1v) is 11.7. The van der Waals surface area contributed by atoms with Gasteiger partial charge in [0.2, 0.25) is 0 Å². The predicted molar refractivity (Wildman–Crippen MR) is 117 cm³/mol. The van der Waals surface area contributed by atoms with E-state index in [-0.39, 0.29) is 5.91 Å². The third-order valence-electron chi connectivity index (χ3n) is 5.31. The number of thiazole rings is 1. The Labute approximate surface area is 177 Å². The average Bonchev–Trinajstić information content (AvgIpc) is 3.49. The summed E-state index contributed by atoms with van der Waals surface area (Å²) in [5.74, 6) is 0.809. The fourth-order valence-electron chi connectivity index (χ4n) is 3.80. The van der Waals surface area contributed by atoms with Crippen molar-refractivity contribution in [3.63, 3.8) is 0 Å². The third-order valence-corrected chi connectivity index (χ3v) is 7.42. The van der Waals surface area contributed by atoms with E-state index in [2.05, 4.69) is 21.4 Å². The fourth-order valence-corrected chi connectivity index (χ4v) is 5.80. The van der Waals surface area contributed by atoms with Crippen molar-refractivity contribution in [2.24, 2.45) is 0 Å². The SMILES string of the molecule is O=C(Nc1nc(-c2ccc3c(c2)CCO3)cs1)c1cccnc1SC1CCCC1. The Morgan fingerprint density at radius 1 is 1.24 bits per heavy atom. The van der Waals surface area contributed by atoms with Crippen LogP contribution < -0.4 is 10.1 Å². The number of rotatable bonds is 5. The largest absolute Gasteiger partial charge is 0.493 e. The molecule has 2 aliphatic rings. The highest BCUT2D eigenvalue weighted by atomic mass is 32.2. The molecule has 1 aliphatic carbocycles. The molecular formula is C22H21N3O2S2. The average molecular weight is 424 g/mol. The van der Waals surface area contributed by atoms with Gasteiger partial charge in [-0.25, -0.2) is 9.97 Å². The van der Waals surface area contributed by atoms with Crippen molar-refractivity contribution < 1.29 is 9.53 Å². The summed E-state index contributed by atoms with van der Waals surface area (Å²) in [5.41, 5.74) is 3.75. The van der Waals surface area contributed by atoms with E-state index < -0.39 is 0 Å². The number of carbonyl (C=O) groups excluding carboxylic acids is 1. The van der Waals surface area contributed by atoms with Crippen LogP contribution in [0, 0.1) is 0 Å². The molecule has 5 nitrogen and oxygen atoms in total. The van der Waals surface area contributed by atoms with Crippen molar-refractivity contribution in [2.45, 2.75) is 42.4 Å². The number of nitrogens with zero attached hydrogens (tertiary/aromatic N) is 2. The lowest BCUT2D eigenvalue weighted by Gasteiger charge is -2.11. The topological polar surface area (TPSA) is 64.1 Å². The monoisotopic (exact) mass is 423 g/mol. The third kappa shape index (κ3) is 4.02. The van der Waals surface area contributed by atoms with Gasteiger partial charge in [-0.2, -0.15) is 0 Å². The van der Waals surface area contributed by atoms with Crippen molar-refractivity contribution in [3.8, 4) is 17.0 Å². The van der Waals surface area contributed by atoms with Crippen LogP contribution in [-0.4, -0.2) is 27.7 Å². The first kappa shape index (κ1) is 18.6. The Balaban J connectivity index is 1.32. The molecule has 1 fully saturated rings. The minimum atomic E-state index is -0.151. The molecule has 3 heterocycles. The van der Waals surface area contributed by atoms with Crippen molar-refractivity contribution in [1.82, 2.24) is 9.97 Å². The second-order valence-corrected chi connectivity index (χ2v) is 9.44. The Morgan fingerprint density at radius 3 is 3.03 bits per heavy atom. The van der Waals surface area contributed by atoms with Gasteiger partial charge < -0.3 is 4.74 Å². The molecular weight excluding hydrogens is 402 g/mol. The zero-order valence-electron chi connectivity index (χ0n) is 15.9. The molecule has 1 aromatic carbocycles. The molecule has 148 valence electrons. The quantitative estimate of drug-likeness (QED) is 0.593. The van der Waals surface area contributed by atoms with Crippen molar-refractivity contribution >= 4 is 34.1 Å². The summed E-state index contributed by atoms with van der Waals surface area (Å²) in [6.45, 7) is 0.740. The molecule has 0 bridgehead atoms. The van der Waals surface area contributed by atoms with Crippen molar-refractivity contribution in [1.29, 1.82) is 0 Å². The van der Waals surface area contributed by atoms with Crippen LogP contribution in [0.3, 0.4) is 0 Å². The van der Waals surface area contributed by atoms with Gasteiger partial charge in [0.15, 0.2) is 5.13 Å². The van der Waals surface area contributed by atoms with Gasteiger partial charge in [-0.1, -0.05) is 12.8 Å². The van der Waals surface area contributed by atoms with E-state index in [0.717, 1.165) is 35.1 Å². The molecule has 0 unspecified atom stereocenters. The van der Waals surface area contributed by atoms with E-state index in [9.17, 15) is 4.79 Å². The summed E-state index contributed by atoms with van der Waals surface area (Å²) in [7, 11) is 0. The molecule has 2 aromatic heterocycles. The number of hydrogen-bond donors (Lipinski definition) is 1. The summed E-state index contributed by atoms with van der Waals surface area (Å²) in [6.07, 6.45) is 7.62. The number of carbonyl (C=O) groups is 1. The molecule has 1 amide bonds. The molecule has 1 N–H and O–H groups in total. The molecule has 0 radical (unpaired) electrons. The van der Waals surface area contributed by atoms with E-state index in [1.807, 2.05) is 29.6 Å². The number of anilines is 1. The minimum absolute atomic E-state index is 0.151. The molecule has 29 heavy (non-hydrogen) atoms. The molecule has 3 aromatic rings. The van der Waals surface area contributed by atoms with Crippen LogP contribution in [0.1, 0.15) is 41.6 Å². The van der Waals surface area contributed by atoms with Gasteiger partial charge in [-0.15, -0.1) is 23.1 Å². The molecule has 0 saturated heterocycles. The maximum absolute atomic E-state index is 12.9. The van der Waals surface area contributed by atoms with E-state index >= 15 is 0 Å². The van der Waals surface area contributed by atoms with Crippen LogP contribution >= 0.6 is 23.1 Å². The normalized spacial score (nSPS) is 15.9. The van der Waals surface area contributed by atoms with Crippen LogP contribution in [0.25, 0.3) is 11.3 Å². The number of aromatic nitrogens is 2. The second-order valence-electron chi connectivity index (χ2n) is 7.29. The lowest BCUT2D eigenvalue weighted by molar-refractivity contribution is 0.102. The first-order valence-electron chi connectivity index (χ1n) is 9.91. The number of nitrogens with one attached hydrogen (secondary N) is 1. The van der Waals surface area contributed by atoms with E-state index in [0.29, 0.717) is 15.9 Å². The van der Waals surface area contributed by atoms with Gasteiger partial charge >= 0.3 is 0 Å². The zero-order chi connectivity index (χ0) is 19.6. The minimum Gasteiger partial charge on any atom is -0.493 e. The van der Waals surface area contributed by atoms with Gasteiger partial charge in [0.05, 0.1) is 17.9 Å². The summed E-state index contributed by atoms with van der Waals surface area (Å²) in [4.78, 5) is 22.0. The van der Waals surface area contributed by atoms with Crippen LogP contribution in [0.4, 0.5) is 5.13 Å². The smallest absolute Gasteiger partial charge is 0.260 e. The number of hydrogen-bond acceptors (Lipinski definition) is 6. The Kier molecular flexibility index (Phi) is 5.24.